The molecule has 2 aromatic heterocycles. The van der Waals surface area contributed by atoms with Gasteiger partial charge in [0.2, 0.25) is 11.3 Å². The van der Waals surface area contributed by atoms with Crippen LogP contribution in [0.25, 0.3) is 0 Å². The van der Waals surface area contributed by atoms with Gasteiger partial charge in [0.05, 0.1) is 38.1 Å². The summed E-state index contributed by atoms with van der Waals surface area (Å²) in [5.74, 6) is -0.119. The zero-order valence-corrected chi connectivity index (χ0v) is 14.7. The van der Waals surface area contributed by atoms with E-state index in [1.807, 2.05) is 10.7 Å². The van der Waals surface area contributed by atoms with E-state index in [0.717, 1.165) is 11.4 Å². The van der Waals surface area contributed by atoms with E-state index < -0.39 is 0 Å². The molecule has 0 aromatic carbocycles. The number of methoxy groups -OCH3 is 1. The van der Waals surface area contributed by atoms with Gasteiger partial charge in [-0.1, -0.05) is 6.92 Å². The molecule has 9 nitrogen and oxygen atoms in total. The van der Waals surface area contributed by atoms with Gasteiger partial charge >= 0.3 is 0 Å². The molecule has 0 saturated heterocycles. The molecule has 138 valence electrons. The quantitative estimate of drug-likeness (QED) is 0.796. The number of aromatic nitrogens is 3. The molecule has 9 heteroatoms. The van der Waals surface area contributed by atoms with E-state index >= 15 is 0 Å². The molecule has 2 aromatic rings. The van der Waals surface area contributed by atoms with Gasteiger partial charge in [-0.25, -0.2) is 0 Å². The van der Waals surface area contributed by atoms with Gasteiger partial charge in [0.15, 0.2) is 5.75 Å². The number of hydrogen-bond donors (Lipinski definition) is 2. The third kappa shape index (κ3) is 3.61. The van der Waals surface area contributed by atoms with Gasteiger partial charge < -0.3 is 19.9 Å². The molecule has 2 N–H and O–H groups in total. The summed E-state index contributed by atoms with van der Waals surface area (Å²) in [4.78, 5) is 40.3. The Balaban J connectivity index is 1.70. The van der Waals surface area contributed by atoms with Crippen molar-refractivity contribution in [2.24, 2.45) is 0 Å². The highest BCUT2D eigenvalue weighted by Crippen LogP contribution is 2.16. The zero-order valence-electron chi connectivity index (χ0n) is 14.7. The number of ether oxygens (including phenoxy) is 1. The molecule has 0 aliphatic carbocycles. The van der Waals surface area contributed by atoms with Crippen molar-refractivity contribution in [1.29, 1.82) is 0 Å². The second kappa shape index (κ2) is 7.42. The van der Waals surface area contributed by atoms with Crippen molar-refractivity contribution in [2.45, 2.75) is 33.0 Å². The summed E-state index contributed by atoms with van der Waals surface area (Å²) in [5.41, 5.74) is 1.53. The molecule has 3 rings (SSSR count). The number of nitrogens with zero attached hydrogens (tertiary/aromatic N) is 3. The van der Waals surface area contributed by atoms with E-state index in [2.05, 4.69) is 15.4 Å². The molecule has 1 aliphatic heterocycles. The highest BCUT2D eigenvalue weighted by Gasteiger charge is 2.24. The van der Waals surface area contributed by atoms with Crippen LogP contribution >= 0.6 is 0 Å². The number of nitrogens with one attached hydrogen (secondary N) is 2. The van der Waals surface area contributed by atoms with Crippen LogP contribution in [-0.2, 0) is 24.4 Å². The van der Waals surface area contributed by atoms with Crippen LogP contribution in [0, 0.1) is 0 Å². The Morgan fingerprint density at radius 1 is 1.35 bits per heavy atom. The largest absolute Gasteiger partial charge is 0.491 e. The monoisotopic (exact) mass is 359 g/mol. The van der Waals surface area contributed by atoms with E-state index in [0.29, 0.717) is 32.6 Å². The first kappa shape index (κ1) is 17.7. The van der Waals surface area contributed by atoms with Crippen molar-refractivity contribution < 1.29 is 14.3 Å². The first-order valence-corrected chi connectivity index (χ1v) is 8.40. The van der Waals surface area contributed by atoms with Crippen LogP contribution < -0.4 is 15.5 Å². The van der Waals surface area contributed by atoms with Gasteiger partial charge in [0.25, 0.3) is 5.91 Å². The maximum absolute atomic E-state index is 12.7. The summed E-state index contributed by atoms with van der Waals surface area (Å²) in [7, 11) is 1.40. The Kier molecular flexibility index (Phi) is 5.06. The number of H-pyrrole nitrogens is 1. The first-order chi connectivity index (χ1) is 12.5. The Hall–Kier alpha value is -3.10. The fraction of sp³-hybridized carbons (Fsp3) is 0.412. The van der Waals surface area contributed by atoms with Crippen molar-refractivity contribution in [3.05, 3.63) is 45.6 Å². The van der Waals surface area contributed by atoms with E-state index in [1.54, 1.807) is 11.8 Å². The number of amides is 2. The summed E-state index contributed by atoms with van der Waals surface area (Å²) in [5, 5.41) is 7.24. The number of pyridine rings is 1. The summed E-state index contributed by atoms with van der Waals surface area (Å²) in [6, 6.07) is 3.13. The molecular formula is C17H21N5O4. The minimum absolute atomic E-state index is 0.0313. The normalized spacial score (nSPS) is 13.2. The van der Waals surface area contributed by atoms with E-state index in [1.165, 1.54) is 19.4 Å². The fourth-order valence-electron chi connectivity index (χ4n) is 2.81. The topological polar surface area (TPSA) is 109 Å². The third-order valence-electron chi connectivity index (χ3n) is 4.25. The summed E-state index contributed by atoms with van der Waals surface area (Å²) >= 11 is 0. The van der Waals surface area contributed by atoms with E-state index in [-0.39, 0.29) is 28.7 Å². The molecule has 26 heavy (non-hydrogen) atoms. The van der Waals surface area contributed by atoms with E-state index in [4.69, 9.17) is 4.74 Å². The first-order valence-electron chi connectivity index (χ1n) is 8.40. The molecule has 0 bridgehead atoms. The second-order valence-corrected chi connectivity index (χ2v) is 5.99. The molecule has 0 spiro atoms. The van der Waals surface area contributed by atoms with Gasteiger partial charge in [-0.2, -0.15) is 5.10 Å². The fourth-order valence-corrected chi connectivity index (χ4v) is 2.81. The molecular weight excluding hydrogens is 338 g/mol. The van der Waals surface area contributed by atoms with E-state index in [9.17, 15) is 14.4 Å². The minimum atomic E-state index is -0.342. The maximum Gasteiger partial charge on any atom is 0.270 e. The predicted octanol–water partition coefficient (Wildman–Crippen LogP) is 0.262. The van der Waals surface area contributed by atoms with Crippen LogP contribution in [0.2, 0.25) is 0 Å². The summed E-state index contributed by atoms with van der Waals surface area (Å²) in [6.07, 6.45) is 1.81. The van der Waals surface area contributed by atoms with Crippen molar-refractivity contribution >= 4 is 11.8 Å². The Bertz CT molecular complexity index is 886. The van der Waals surface area contributed by atoms with Gasteiger partial charge in [0, 0.05) is 25.2 Å². The maximum atomic E-state index is 12.7. The number of carbonyl (C=O) groups is 2. The van der Waals surface area contributed by atoms with Crippen LogP contribution in [0.3, 0.4) is 0 Å². The SMILES string of the molecule is CCC(=O)NCc1cc2n(n1)CCN(C(=O)c1cc(=O)c(OC)c[nH]1)C2. The van der Waals surface area contributed by atoms with Crippen molar-refractivity contribution in [3.63, 3.8) is 0 Å². The zero-order chi connectivity index (χ0) is 18.7. The molecule has 0 radical (unpaired) electrons. The number of hydrogen-bond acceptors (Lipinski definition) is 5. The number of rotatable bonds is 5. The highest BCUT2D eigenvalue weighted by molar-refractivity contribution is 5.92. The van der Waals surface area contributed by atoms with Crippen LogP contribution in [0.15, 0.2) is 23.1 Å². The lowest BCUT2D eigenvalue weighted by Crippen LogP contribution is -2.39. The molecule has 0 saturated carbocycles. The number of fused-ring (bicyclic) bond motifs is 1. The Morgan fingerprint density at radius 2 is 2.15 bits per heavy atom. The molecule has 2 amide bonds. The van der Waals surface area contributed by atoms with Gasteiger partial charge in [-0.3, -0.25) is 19.1 Å². The van der Waals surface area contributed by atoms with Crippen molar-refractivity contribution in [2.75, 3.05) is 13.7 Å². The van der Waals surface area contributed by atoms with Crippen molar-refractivity contribution in [3.8, 4) is 5.75 Å². The number of aromatic amines is 1. The highest BCUT2D eigenvalue weighted by atomic mass is 16.5. The lowest BCUT2D eigenvalue weighted by atomic mass is 10.2. The van der Waals surface area contributed by atoms with Crippen molar-refractivity contribution in [1.82, 2.24) is 25.0 Å². The average Bonchev–Trinajstić information content (AvgIpc) is 3.07. The van der Waals surface area contributed by atoms with Gasteiger partial charge in [0.1, 0.15) is 5.69 Å². The van der Waals surface area contributed by atoms with Crippen LogP contribution in [0.1, 0.15) is 35.2 Å². The predicted molar refractivity (Wildman–Crippen MR) is 92.7 cm³/mol. The van der Waals surface area contributed by atoms with Gasteiger partial charge in [-0.15, -0.1) is 0 Å². The molecule has 1 aliphatic rings. The summed E-state index contributed by atoms with van der Waals surface area (Å²) in [6.45, 7) is 3.60. The lowest BCUT2D eigenvalue weighted by molar-refractivity contribution is -0.120. The van der Waals surface area contributed by atoms with Gasteiger partial charge in [-0.05, 0) is 6.07 Å². The second-order valence-electron chi connectivity index (χ2n) is 5.99. The standard InChI is InChI=1S/C17H21N5O4/c1-3-16(24)19-8-11-6-12-10-21(4-5-22(12)20-11)17(25)13-7-14(23)15(26-2)9-18-13/h6-7,9H,3-5,8,10H2,1-2H3,(H,18,23)(H,19,24). The van der Waals surface area contributed by atoms with Crippen LogP contribution in [-0.4, -0.2) is 45.1 Å². The Labute approximate surface area is 150 Å². The smallest absolute Gasteiger partial charge is 0.270 e. The summed E-state index contributed by atoms with van der Waals surface area (Å²) < 4.78 is 6.75. The molecule has 3 heterocycles. The molecule has 0 fully saturated rings. The molecule has 0 unspecified atom stereocenters. The number of carbonyl (C=O) groups excluding carboxylic acids is 2. The average molecular weight is 359 g/mol. The third-order valence-corrected chi connectivity index (χ3v) is 4.25. The minimum Gasteiger partial charge on any atom is -0.491 e. The molecule has 0 atom stereocenters. The lowest BCUT2D eigenvalue weighted by Gasteiger charge is -2.27. The Morgan fingerprint density at radius 3 is 2.85 bits per heavy atom. The van der Waals surface area contributed by atoms with Crippen LogP contribution in [0.4, 0.5) is 0 Å². The van der Waals surface area contributed by atoms with Crippen LogP contribution in [0.5, 0.6) is 5.75 Å².